The highest BCUT2D eigenvalue weighted by atomic mass is 16.2. The Morgan fingerprint density at radius 1 is 0.964 bits per heavy atom. The zero-order chi connectivity index (χ0) is 19.3. The highest BCUT2D eigenvalue weighted by Crippen LogP contribution is 2.53. The van der Waals surface area contributed by atoms with Crippen LogP contribution in [0.4, 0.5) is 5.69 Å². The molecule has 1 aliphatic heterocycles. The van der Waals surface area contributed by atoms with Gasteiger partial charge in [-0.3, -0.25) is 4.79 Å². The summed E-state index contributed by atoms with van der Waals surface area (Å²) in [6.45, 7) is 7.64. The molecule has 1 aromatic heterocycles. The number of piperazine rings is 1. The number of nitrogens with one attached hydrogen (secondary N) is 1. The van der Waals surface area contributed by atoms with E-state index in [4.69, 9.17) is 0 Å². The summed E-state index contributed by atoms with van der Waals surface area (Å²) in [5, 5.41) is 1.21. The number of fused-ring (bicyclic) bond motifs is 1. The van der Waals surface area contributed by atoms with Crippen LogP contribution in [0.15, 0.2) is 48.5 Å². The lowest BCUT2D eigenvalue weighted by Gasteiger charge is -2.38. The third-order valence-corrected chi connectivity index (χ3v) is 6.47. The van der Waals surface area contributed by atoms with E-state index in [0.29, 0.717) is 5.91 Å². The van der Waals surface area contributed by atoms with Crippen molar-refractivity contribution in [3.05, 3.63) is 65.4 Å². The molecule has 144 valence electrons. The molecule has 2 heterocycles. The topological polar surface area (TPSA) is 39.3 Å². The number of hydrogen-bond donors (Lipinski definition) is 1. The fraction of sp³-hybridized carbons (Fsp3) is 0.375. The Labute approximate surface area is 166 Å². The van der Waals surface area contributed by atoms with E-state index in [-0.39, 0.29) is 5.41 Å². The lowest BCUT2D eigenvalue weighted by Crippen LogP contribution is -2.51. The van der Waals surface area contributed by atoms with Crippen LogP contribution in [-0.4, -0.2) is 42.0 Å². The lowest BCUT2D eigenvalue weighted by atomic mass is 9.91. The van der Waals surface area contributed by atoms with Crippen LogP contribution in [0.25, 0.3) is 10.9 Å². The maximum Gasteiger partial charge on any atom is 0.233 e. The number of aromatic nitrogens is 1. The normalized spacial score (nSPS) is 18.5. The predicted molar refractivity (Wildman–Crippen MR) is 114 cm³/mol. The summed E-state index contributed by atoms with van der Waals surface area (Å²) in [7, 11) is 0. The van der Waals surface area contributed by atoms with E-state index in [9.17, 15) is 4.79 Å². The number of aryl methyl sites for hydroxylation is 2. The van der Waals surface area contributed by atoms with E-state index in [1.165, 1.54) is 22.2 Å². The van der Waals surface area contributed by atoms with Gasteiger partial charge in [-0.15, -0.1) is 0 Å². The Hall–Kier alpha value is -2.75. The van der Waals surface area contributed by atoms with Crippen LogP contribution < -0.4 is 4.90 Å². The van der Waals surface area contributed by atoms with Crippen molar-refractivity contribution in [2.75, 3.05) is 31.1 Å². The zero-order valence-corrected chi connectivity index (χ0v) is 16.7. The molecule has 0 atom stereocenters. The van der Waals surface area contributed by atoms with Gasteiger partial charge < -0.3 is 14.8 Å². The standard InChI is InChI=1S/C24H27N3O/c1-17-6-5-7-19(16-17)26-12-14-27(15-13-26)23(28)24(10-11-24)22-18(2)25-21-9-4-3-8-20(21)22/h3-9,16,25H,10-15H2,1-2H3. The molecule has 4 nitrogen and oxygen atoms in total. The van der Waals surface area contributed by atoms with E-state index >= 15 is 0 Å². The molecule has 5 rings (SSSR count). The minimum absolute atomic E-state index is 0.310. The predicted octanol–water partition coefficient (Wildman–Crippen LogP) is 4.17. The summed E-state index contributed by atoms with van der Waals surface area (Å²) < 4.78 is 0. The number of H-pyrrole nitrogens is 1. The van der Waals surface area contributed by atoms with Crippen LogP contribution in [0.1, 0.15) is 29.7 Å². The number of nitrogens with zero attached hydrogens (tertiary/aromatic N) is 2. The maximum absolute atomic E-state index is 13.6. The molecule has 3 aromatic rings. The van der Waals surface area contributed by atoms with Gasteiger partial charge in [-0.1, -0.05) is 30.3 Å². The molecule has 2 aromatic carbocycles. The summed E-state index contributed by atoms with van der Waals surface area (Å²) in [5.74, 6) is 0.323. The lowest BCUT2D eigenvalue weighted by molar-refractivity contribution is -0.134. The molecule has 1 saturated heterocycles. The highest BCUT2D eigenvalue weighted by molar-refractivity contribution is 5.98. The molecule has 1 amide bonds. The molecule has 0 bridgehead atoms. The second kappa shape index (κ2) is 6.40. The molecular formula is C24H27N3O. The van der Waals surface area contributed by atoms with Gasteiger partial charge >= 0.3 is 0 Å². The van der Waals surface area contributed by atoms with Crippen LogP contribution in [0.3, 0.4) is 0 Å². The van der Waals surface area contributed by atoms with Crippen molar-refractivity contribution < 1.29 is 4.79 Å². The molecule has 0 spiro atoms. The fourth-order valence-electron chi connectivity index (χ4n) is 4.88. The van der Waals surface area contributed by atoms with Crippen molar-refractivity contribution >= 4 is 22.5 Å². The first-order valence-electron chi connectivity index (χ1n) is 10.3. The number of carbonyl (C=O) groups is 1. The van der Waals surface area contributed by atoms with Gasteiger partial charge in [-0.2, -0.15) is 0 Å². The molecular weight excluding hydrogens is 346 g/mol. The van der Waals surface area contributed by atoms with E-state index in [1.54, 1.807) is 0 Å². The van der Waals surface area contributed by atoms with Crippen molar-refractivity contribution in [1.29, 1.82) is 0 Å². The molecule has 2 aliphatic rings. The number of benzene rings is 2. The summed E-state index contributed by atoms with van der Waals surface area (Å²) in [4.78, 5) is 21.5. The largest absolute Gasteiger partial charge is 0.368 e. The van der Waals surface area contributed by atoms with Crippen LogP contribution in [-0.2, 0) is 10.2 Å². The Bertz CT molecular complexity index is 1040. The van der Waals surface area contributed by atoms with Crippen LogP contribution in [0.5, 0.6) is 0 Å². The number of hydrogen-bond acceptors (Lipinski definition) is 2. The number of rotatable bonds is 3. The van der Waals surface area contributed by atoms with Crippen LogP contribution >= 0.6 is 0 Å². The van der Waals surface area contributed by atoms with Gasteiger partial charge in [0.05, 0.1) is 5.41 Å². The van der Waals surface area contributed by atoms with Crippen molar-refractivity contribution in [2.45, 2.75) is 32.1 Å². The van der Waals surface area contributed by atoms with Crippen molar-refractivity contribution in [2.24, 2.45) is 0 Å². The summed E-state index contributed by atoms with van der Waals surface area (Å²) >= 11 is 0. The third kappa shape index (κ3) is 2.70. The third-order valence-electron chi connectivity index (χ3n) is 6.47. The molecule has 4 heteroatoms. The Kier molecular flexibility index (Phi) is 3.97. The van der Waals surface area contributed by atoms with E-state index < -0.39 is 0 Å². The van der Waals surface area contributed by atoms with Crippen molar-refractivity contribution in [3.63, 3.8) is 0 Å². The molecule has 0 unspecified atom stereocenters. The van der Waals surface area contributed by atoms with Gasteiger partial charge in [-0.05, 0) is 56.0 Å². The number of amides is 1. The first-order valence-corrected chi connectivity index (χ1v) is 10.3. The molecule has 0 radical (unpaired) electrons. The highest BCUT2D eigenvalue weighted by Gasteiger charge is 2.55. The van der Waals surface area contributed by atoms with Crippen LogP contribution in [0.2, 0.25) is 0 Å². The van der Waals surface area contributed by atoms with Gasteiger partial charge in [-0.25, -0.2) is 0 Å². The second-order valence-electron chi connectivity index (χ2n) is 8.37. The molecule has 1 saturated carbocycles. The van der Waals surface area contributed by atoms with Gasteiger partial charge in [0.1, 0.15) is 0 Å². The monoisotopic (exact) mass is 373 g/mol. The summed E-state index contributed by atoms with van der Waals surface area (Å²) in [6, 6.07) is 17.0. The smallest absolute Gasteiger partial charge is 0.233 e. The first-order chi connectivity index (χ1) is 13.6. The Morgan fingerprint density at radius 2 is 1.71 bits per heavy atom. The molecule has 2 fully saturated rings. The second-order valence-corrected chi connectivity index (χ2v) is 8.37. The van der Waals surface area contributed by atoms with Crippen LogP contribution in [0, 0.1) is 13.8 Å². The van der Waals surface area contributed by atoms with Crippen molar-refractivity contribution in [3.8, 4) is 0 Å². The number of para-hydroxylation sites is 1. The summed E-state index contributed by atoms with van der Waals surface area (Å²) in [5.41, 5.74) is 5.75. The zero-order valence-electron chi connectivity index (χ0n) is 16.7. The summed E-state index contributed by atoms with van der Waals surface area (Å²) in [6.07, 6.45) is 1.93. The number of carbonyl (C=O) groups excluding carboxylic acids is 1. The minimum atomic E-state index is -0.310. The van der Waals surface area contributed by atoms with Gasteiger partial charge in [0.15, 0.2) is 0 Å². The van der Waals surface area contributed by atoms with Crippen molar-refractivity contribution in [1.82, 2.24) is 9.88 Å². The molecule has 28 heavy (non-hydrogen) atoms. The Balaban J connectivity index is 1.36. The molecule has 1 N–H and O–H groups in total. The average Bonchev–Trinajstić information content (AvgIpc) is 3.43. The van der Waals surface area contributed by atoms with E-state index in [0.717, 1.165) is 50.2 Å². The number of anilines is 1. The number of aromatic amines is 1. The SMILES string of the molecule is Cc1cccc(N2CCN(C(=O)C3(c4c(C)[nH]c5ccccc45)CC3)CC2)c1. The maximum atomic E-state index is 13.6. The fourth-order valence-corrected chi connectivity index (χ4v) is 4.88. The minimum Gasteiger partial charge on any atom is -0.368 e. The van der Waals surface area contributed by atoms with E-state index in [1.807, 2.05) is 6.07 Å². The van der Waals surface area contributed by atoms with Gasteiger partial charge in [0.2, 0.25) is 5.91 Å². The van der Waals surface area contributed by atoms with Gasteiger partial charge in [0, 0.05) is 48.5 Å². The van der Waals surface area contributed by atoms with E-state index in [2.05, 4.69) is 71.1 Å². The first kappa shape index (κ1) is 17.4. The Morgan fingerprint density at radius 3 is 2.43 bits per heavy atom. The quantitative estimate of drug-likeness (QED) is 0.749. The molecule has 1 aliphatic carbocycles. The average molecular weight is 374 g/mol. The van der Waals surface area contributed by atoms with Gasteiger partial charge in [0.25, 0.3) is 0 Å².